The minimum atomic E-state index is -4.42. The van der Waals surface area contributed by atoms with Gasteiger partial charge in [-0.25, -0.2) is 4.98 Å². The molecule has 0 saturated carbocycles. The third kappa shape index (κ3) is 5.27. The standard InChI is InChI=1S/C27H29F3N4O2/c28-27(29,30)21-6-4-12-32-26(21)34-13-10-18(11-14-34)15-31-16-19(35)17-36-24-9-3-8-23-25(24)20-5-1-2-7-22(20)33-23/h1-9,12,18-19,31,33,35H,10-11,13-17H2/t19-/m0/s1. The number of H-pyrrole nitrogens is 1. The van der Waals surface area contributed by atoms with Gasteiger partial charge in [0.05, 0.1) is 11.1 Å². The normalized spacial score (nSPS) is 16.1. The van der Waals surface area contributed by atoms with Gasteiger partial charge in [-0.1, -0.05) is 24.3 Å². The van der Waals surface area contributed by atoms with Crippen LogP contribution in [0.1, 0.15) is 18.4 Å². The van der Waals surface area contributed by atoms with Crippen LogP contribution in [0.4, 0.5) is 19.0 Å². The zero-order valence-electron chi connectivity index (χ0n) is 19.8. The number of nitrogens with one attached hydrogen (secondary N) is 2. The van der Waals surface area contributed by atoms with Crippen molar-refractivity contribution in [2.75, 3.05) is 37.7 Å². The van der Waals surface area contributed by atoms with Crippen LogP contribution in [0.3, 0.4) is 0 Å². The molecule has 2 aromatic heterocycles. The molecule has 0 amide bonds. The van der Waals surface area contributed by atoms with E-state index < -0.39 is 17.8 Å². The summed E-state index contributed by atoms with van der Waals surface area (Å²) in [6, 6.07) is 16.3. The number of ether oxygens (including phenoxy) is 1. The molecule has 1 fully saturated rings. The Bertz CT molecular complexity index is 1320. The SMILES string of the molecule is O[C@@H](CNCC1CCN(c2ncccc2C(F)(F)F)CC1)COc1cccc2[nH]c3ccccc3c12. The number of aromatic nitrogens is 2. The van der Waals surface area contributed by atoms with E-state index in [2.05, 4.69) is 15.3 Å². The highest BCUT2D eigenvalue weighted by Crippen LogP contribution is 2.36. The maximum absolute atomic E-state index is 13.3. The Balaban J connectivity index is 1.09. The van der Waals surface area contributed by atoms with Crippen LogP contribution in [-0.4, -0.2) is 54.0 Å². The van der Waals surface area contributed by atoms with Gasteiger partial charge in [0.1, 0.15) is 24.3 Å². The Kier molecular flexibility index (Phi) is 7.02. The number of para-hydroxylation sites is 1. The maximum atomic E-state index is 13.3. The minimum Gasteiger partial charge on any atom is -0.490 e. The highest BCUT2D eigenvalue weighted by molar-refractivity contribution is 6.10. The summed E-state index contributed by atoms with van der Waals surface area (Å²) in [7, 11) is 0. The molecule has 3 N–H and O–H groups in total. The van der Waals surface area contributed by atoms with Crippen LogP contribution in [-0.2, 0) is 6.18 Å². The molecule has 1 atom stereocenters. The van der Waals surface area contributed by atoms with E-state index >= 15 is 0 Å². The molecule has 1 aliphatic rings. The fourth-order valence-corrected chi connectivity index (χ4v) is 4.91. The van der Waals surface area contributed by atoms with Crippen LogP contribution < -0.4 is 15.0 Å². The number of anilines is 1. The van der Waals surface area contributed by atoms with E-state index in [0.29, 0.717) is 32.1 Å². The van der Waals surface area contributed by atoms with E-state index in [0.717, 1.165) is 46.5 Å². The number of aliphatic hydroxyl groups is 1. The number of hydrogen-bond acceptors (Lipinski definition) is 5. The Hall–Kier alpha value is -3.30. The molecule has 0 bridgehead atoms. The second-order valence-electron chi connectivity index (χ2n) is 9.28. The molecule has 0 spiro atoms. The number of alkyl halides is 3. The molecule has 0 radical (unpaired) electrons. The summed E-state index contributed by atoms with van der Waals surface area (Å²) in [6.07, 6.45) is -2.18. The van der Waals surface area contributed by atoms with Crippen molar-refractivity contribution in [1.29, 1.82) is 0 Å². The van der Waals surface area contributed by atoms with Crippen molar-refractivity contribution in [2.24, 2.45) is 5.92 Å². The summed E-state index contributed by atoms with van der Waals surface area (Å²) < 4.78 is 45.9. The third-order valence-electron chi connectivity index (χ3n) is 6.74. The summed E-state index contributed by atoms with van der Waals surface area (Å²) >= 11 is 0. The highest BCUT2D eigenvalue weighted by atomic mass is 19.4. The van der Waals surface area contributed by atoms with E-state index in [4.69, 9.17) is 4.74 Å². The summed E-state index contributed by atoms with van der Waals surface area (Å²) in [5.74, 6) is 1.06. The molecule has 5 rings (SSSR count). The van der Waals surface area contributed by atoms with Gasteiger partial charge in [0.2, 0.25) is 0 Å². The predicted octanol–water partition coefficient (Wildman–Crippen LogP) is 4.98. The molecule has 9 heteroatoms. The van der Waals surface area contributed by atoms with Crippen LogP contribution in [0.2, 0.25) is 0 Å². The predicted molar refractivity (Wildman–Crippen MR) is 134 cm³/mol. The highest BCUT2D eigenvalue weighted by Gasteiger charge is 2.36. The Morgan fingerprint density at radius 2 is 1.83 bits per heavy atom. The molecule has 3 heterocycles. The van der Waals surface area contributed by atoms with E-state index in [1.807, 2.05) is 42.5 Å². The van der Waals surface area contributed by atoms with Gasteiger partial charge >= 0.3 is 6.18 Å². The van der Waals surface area contributed by atoms with Crippen molar-refractivity contribution in [3.63, 3.8) is 0 Å². The molecule has 36 heavy (non-hydrogen) atoms. The molecule has 0 unspecified atom stereocenters. The number of fused-ring (bicyclic) bond motifs is 3. The quantitative estimate of drug-likeness (QED) is 0.320. The molecule has 190 valence electrons. The lowest BCUT2D eigenvalue weighted by Crippen LogP contribution is -2.40. The van der Waals surface area contributed by atoms with E-state index in [1.165, 1.54) is 12.3 Å². The molecule has 2 aromatic carbocycles. The Morgan fingerprint density at radius 1 is 1.06 bits per heavy atom. The number of pyridine rings is 1. The van der Waals surface area contributed by atoms with Crippen molar-refractivity contribution >= 4 is 27.6 Å². The van der Waals surface area contributed by atoms with Gasteiger partial charge in [-0.2, -0.15) is 13.2 Å². The summed E-state index contributed by atoms with van der Waals surface area (Å²) in [6.45, 7) is 2.27. The van der Waals surface area contributed by atoms with Crippen molar-refractivity contribution < 1.29 is 23.0 Å². The number of nitrogens with zero attached hydrogens (tertiary/aromatic N) is 2. The molecule has 6 nitrogen and oxygen atoms in total. The number of hydrogen-bond donors (Lipinski definition) is 3. The average molecular weight is 499 g/mol. The van der Waals surface area contributed by atoms with Gasteiger partial charge in [0, 0.05) is 42.1 Å². The lowest BCUT2D eigenvalue weighted by atomic mass is 9.96. The smallest absolute Gasteiger partial charge is 0.419 e. The Labute approximate surface area is 207 Å². The van der Waals surface area contributed by atoms with Crippen molar-refractivity contribution in [2.45, 2.75) is 25.1 Å². The topological polar surface area (TPSA) is 73.4 Å². The van der Waals surface area contributed by atoms with Crippen molar-refractivity contribution in [3.05, 3.63) is 66.4 Å². The number of benzene rings is 2. The van der Waals surface area contributed by atoms with E-state index in [9.17, 15) is 18.3 Å². The third-order valence-corrected chi connectivity index (χ3v) is 6.74. The minimum absolute atomic E-state index is 0.00852. The summed E-state index contributed by atoms with van der Waals surface area (Å²) in [5, 5.41) is 15.8. The molecule has 1 aliphatic heterocycles. The second-order valence-corrected chi connectivity index (χ2v) is 9.28. The first-order valence-electron chi connectivity index (χ1n) is 12.2. The lowest BCUT2D eigenvalue weighted by Gasteiger charge is -2.34. The lowest BCUT2D eigenvalue weighted by molar-refractivity contribution is -0.137. The molecular formula is C27H29F3N4O2. The van der Waals surface area contributed by atoms with Gasteiger partial charge in [-0.05, 0) is 55.6 Å². The fraction of sp³-hybridized carbons (Fsp3) is 0.370. The Morgan fingerprint density at radius 3 is 2.64 bits per heavy atom. The van der Waals surface area contributed by atoms with Gasteiger partial charge < -0.3 is 25.0 Å². The number of aliphatic hydroxyl groups excluding tert-OH is 1. The van der Waals surface area contributed by atoms with Crippen molar-refractivity contribution in [3.8, 4) is 5.75 Å². The van der Waals surface area contributed by atoms with E-state index in [-0.39, 0.29) is 12.4 Å². The van der Waals surface area contributed by atoms with Crippen LogP contribution >= 0.6 is 0 Å². The largest absolute Gasteiger partial charge is 0.490 e. The number of rotatable bonds is 8. The maximum Gasteiger partial charge on any atom is 0.419 e. The summed E-state index contributed by atoms with van der Waals surface area (Å²) in [4.78, 5) is 9.10. The first-order chi connectivity index (χ1) is 17.4. The average Bonchev–Trinajstić information content (AvgIpc) is 3.27. The first kappa shape index (κ1) is 24.4. The zero-order chi connectivity index (χ0) is 25.1. The fourth-order valence-electron chi connectivity index (χ4n) is 4.91. The van der Waals surface area contributed by atoms with Gasteiger partial charge in [0.25, 0.3) is 0 Å². The van der Waals surface area contributed by atoms with E-state index in [1.54, 1.807) is 4.90 Å². The second kappa shape index (κ2) is 10.4. The monoisotopic (exact) mass is 498 g/mol. The van der Waals surface area contributed by atoms with Gasteiger partial charge in [-0.15, -0.1) is 0 Å². The van der Waals surface area contributed by atoms with Gasteiger partial charge in [0.15, 0.2) is 0 Å². The number of aromatic amines is 1. The molecule has 4 aromatic rings. The number of halogens is 3. The zero-order valence-corrected chi connectivity index (χ0v) is 19.8. The summed E-state index contributed by atoms with van der Waals surface area (Å²) in [5.41, 5.74) is 1.34. The van der Waals surface area contributed by atoms with Crippen LogP contribution in [0.5, 0.6) is 5.75 Å². The van der Waals surface area contributed by atoms with Crippen LogP contribution in [0.15, 0.2) is 60.8 Å². The number of piperidine rings is 1. The molecular weight excluding hydrogens is 469 g/mol. The van der Waals surface area contributed by atoms with Crippen molar-refractivity contribution in [1.82, 2.24) is 15.3 Å². The van der Waals surface area contributed by atoms with Crippen LogP contribution in [0.25, 0.3) is 21.8 Å². The molecule has 1 saturated heterocycles. The van der Waals surface area contributed by atoms with Crippen LogP contribution in [0, 0.1) is 5.92 Å². The van der Waals surface area contributed by atoms with Gasteiger partial charge in [-0.3, -0.25) is 0 Å². The first-order valence-corrected chi connectivity index (χ1v) is 12.2. The molecule has 0 aliphatic carbocycles.